The van der Waals surface area contributed by atoms with Crippen molar-refractivity contribution in [3.63, 3.8) is 0 Å². The Morgan fingerprint density at radius 1 is 0.525 bits per heavy atom. The van der Waals surface area contributed by atoms with Crippen molar-refractivity contribution in [1.29, 1.82) is 0 Å². The van der Waals surface area contributed by atoms with E-state index in [1.807, 2.05) is 11.8 Å². The van der Waals surface area contributed by atoms with Gasteiger partial charge in [-0.1, -0.05) is 164 Å². The molecule has 1 nitrogen and oxygen atoms in total. The lowest BCUT2D eigenvalue weighted by Crippen LogP contribution is -2.23. The van der Waals surface area contributed by atoms with E-state index in [2.05, 4.69) is 60.6 Å². The molecule has 0 heterocycles. The minimum absolute atomic E-state index is 0.158. The molecule has 1 radical (unpaired) electrons. The van der Waals surface area contributed by atoms with Crippen LogP contribution in [0.3, 0.4) is 0 Å². The molecule has 0 amide bonds. The van der Waals surface area contributed by atoms with E-state index < -0.39 is 0 Å². The van der Waals surface area contributed by atoms with E-state index in [-0.39, 0.29) is 4.75 Å². The van der Waals surface area contributed by atoms with Gasteiger partial charge in [-0.05, 0) is 49.7 Å². The predicted octanol–water partition coefficient (Wildman–Crippen LogP) is 14.1. The highest BCUT2D eigenvalue weighted by molar-refractivity contribution is 8.00. The zero-order chi connectivity index (χ0) is 29.7. The SMILES string of the molecule is CCCCCCCCCCCCc1cc(SC(C)(C)CC(C)(C)C)cc(CCCCCCCCCCCC)c1[O]. The van der Waals surface area contributed by atoms with Crippen LogP contribution in [-0.4, -0.2) is 4.75 Å². The zero-order valence-electron chi connectivity index (χ0n) is 28.2. The van der Waals surface area contributed by atoms with E-state index >= 15 is 0 Å². The van der Waals surface area contributed by atoms with Crippen LogP contribution in [0.1, 0.15) is 194 Å². The molecule has 0 atom stereocenters. The molecule has 0 aliphatic carbocycles. The average Bonchev–Trinajstić information content (AvgIpc) is 2.86. The molecule has 0 bridgehead atoms. The van der Waals surface area contributed by atoms with Crippen molar-refractivity contribution in [2.45, 2.75) is 206 Å². The van der Waals surface area contributed by atoms with Crippen LogP contribution in [-0.2, 0) is 17.9 Å². The first-order chi connectivity index (χ1) is 19.1. The van der Waals surface area contributed by atoms with Crippen LogP contribution in [0.15, 0.2) is 17.0 Å². The van der Waals surface area contributed by atoms with Crippen LogP contribution in [0.2, 0.25) is 0 Å². The molecule has 0 aliphatic rings. The van der Waals surface area contributed by atoms with Gasteiger partial charge in [-0.25, -0.2) is 0 Å². The van der Waals surface area contributed by atoms with Gasteiger partial charge in [-0.15, -0.1) is 11.8 Å². The number of rotatable bonds is 25. The molecule has 1 aromatic carbocycles. The molecule has 0 N–H and O–H groups in total. The Morgan fingerprint density at radius 2 is 0.850 bits per heavy atom. The Hall–Kier alpha value is -0.630. The summed E-state index contributed by atoms with van der Waals surface area (Å²) in [5.41, 5.74) is 2.46. The molecule has 0 unspecified atom stereocenters. The van der Waals surface area contributed by atoms with Crippen LogP contribution < -0.4 is 0 Å². The first-order valence-electron chi connectivity index (χ1n) is 17.6. The van der Waals surface area contributed by atoms with Crippen LogP contribution in [0.4, 0.5) is 0 Å². The van der Waals surface area contributed by atoms with Crippen LogP contribution >= 0.6 is 11.8 Å². The normalized spacial score (nSPS) is 12.4. The summed E-state index contributed by atoms with van der Waals surface area (Å²) in [5.74, 6) is 0.352. The van der Waals surface area contributed by atoms with E-state index in [0.29, 0.717) is 11.2 Å². The third kappa shape index (κ3) is 19.5. The fourth-order valence-corrected chi connectivity index (χ4v) is 7.94. The second kappa shape index (κ2) is 22.0. The molecule has 233 valence electrons. The van der Waals surface area contributed by atoms with Gasteiger partial charge in [0.15, 0.2) is 5.75 Å². The van der Waals surface area contributed by atoms with Crippen molar-refractivity contribution in [2.75, 3.05) is 0 Å². The highest BCUT2D eigenvalue weighted by Gasteiger charge is 2.27. The van der Waals surface area contributed by atoms with Crippen LogP contribution in [0.25, 0.3) is 0 Å². The maximum Gasteiger partial charge on any atom is 0.185 e. The first kappa shape index (κ1) is 37.4. The van der Waals surface area contributed by atoms with Gasteiger partial charge in [-0.2, -0.15) is 0 Å². The summed E-state index contributed by atoms with van der Waals surface area (Å²) in [4.78, 5) is 1.32. The number of hydrogen-bond donors (Lipinski definition) is 0. The monoisotopic (exact) mass is 574 g/mol. The van der Waals surface area contributed by atoms with E-state index in [9.17, 15) is 5.11 Å². The Balaban J connectivity index is 2.63. The van der Waals surface area contributed by atoms with Gasteiger partial charge >= 0.3 is 0 Å². The molecule has 0 aromatic heterocycles. The lowest BCUT2D eigenvalue weighted by Gasteiger charge is -2.32. The van der Waals surface area contributed by atoms with Crippen molar-refractivity contribution < 1.29 is 5.11 Å². The molecule has 0 fully saturated rings. The standard InChI is InChI=1S/C38H69OS/c1-8-10-12-14-16-18-20-22-24-26-28-33-30-35(40-38(6,7)32-37(3,4)5)31-34(36(33)39)29-27-25-23-21-19-17-15-13-11-9-2/h30-31H,8-29,32H2,1-7H3. The second-order valence-corrected chi connectivity index (χ2v) is 16.3. The van der Waals surface area contributed by atoms with Gasteiger partial charge in [-0.3, -0.25) is 5.11 Å². The summed E-state index contributed by atoms with van der Waals surface area (Å²) in [6.07, 6.45) is 29.9. The minimum atomic E-state index is 0.158. The number of thioether (sulfide) groups is 1. The van der Waals surface area contributed by atoms with Crippen molar-refractivity contribution >= 4 is 11.8 Å². The van der Waals surface area contributed by atoms with Gasteiger partial charge in [0.25, 0.3) is 0 Å². The van der Waals surface area contributed by atoms with Gasteiger partial charge in [0.05, 0.1) is 0 Å². The summed E-state index contributed by atoms with van der Waals surface area (Å²) in [5, 5.41) is 13.5. The van der Waals surface area contributed by atoms with Crippen LogP contribution in [0, 0.1) is 5.41 Å². The smallest absolute Gasteiger partial charge is 0.185 e. The molecule has 0 spiro atoms. The summed E-state index contributed by atoms with van der Waals surface area (Å²) in [7, 11) is 0. The Labute approximate surface area is 256 Å². The molecule has 40 heavy (non-hydrogen) atoms. The quantitative estimate of drug-likeness (QED) is 0.0841. The van der Waals surface area contributed by atoms with Crippen LogP contribution in [0.5, 0.6) is 5.75 Å². The molecule has 0 aliphatic heterocycles. The van der Waals surface area contributed by atoms with Crippen molar-refractivity contribution in [2.24, 2.45) is 5.41 Å². The maximum absolute atomic E-state index is 13.5. The third-order valence-electron chi connectivity index (χ3n) is 8.17. The van der Waals surface area contributed by atoms with E-state index in [0.717, 1.165) is 43.2 Å². The number of benzene rings is 1. The Kier molecular flexibility index (Phi) is 20.6. The Morgan fingerprint density at radius 3 is 1.18 bits per heavy atom. The molecule has 0 saturated heterocycles. The summed E-state index contributed by atoms with van der Waals surface area (Å²) in [6, 6.07) is 4.51. The van der Waals surface area contributed by atoms with Gasteiger partial charge in [0.2, 0.25) is 0 Å². The molecule has 2 heteroatoms. The summed E-state index contributed by atoms with van der Waals surface area (Å²) >= 11 is 1.99. The van der Waals surface area contributed by atoms with Crippen molar-refractivity contribution in [1.82, 2.24) is 0 Å². The lowest BCUT2D eigenvalue weighted by molar-refractivity contribution is 0.338. The highest BCUT2D eigenvalue weighted by Crippen LogP contribution is 2.43. The van der Waals surface area contributed by atoms with E-state index in [4.69, 9.17) is 0 Å². The molecule has 1 aromatic rings. The topological polar surface area (TPSA) is 19.9 Å². The first-order valence-corrected chi connectivity index (χ1v) is 18.4. The third-order valence-corrected chi connectivity index (χ3v) is 9.33. The van der Waals surface area contributed by atoms with Crippen molar-refractivity contribution in [3.8, 4) is 5.75 Å². The molecular weight excluding hydrogens is 504 g/mol. The average molecular weight is 574 g/mol. The number of unbranched alkanes of at least 4 members (excludes halogenated alkanes) is 18. The zero-order valence-corrected chi connectivity index (χ0v) is 29.1. The van der Waals surface area contributed by atoms with E-state index in [1.54, 1.807) is 0 Å². The second-order valence-electron chi connectivity index (χ2n) is 14.5. The fraction of sp³-hybridized carbons (Fsp3) is 0.842. The summed E-state index contributed by atoms with van der Waals surface area (Å²) < 4.78 is 0.158. The van der Waals surface area contributed by atoms with Gasteiger partial charge in [0, 0.05) is 20.8 Å². The number of hydrogen-bond acceptors (Lipinski definition) is 1. The minimum Gasteiger partial charge on any atom is -0.289 e. The summed E-state index contributed by atoms with van der Waals surface area (Å²) in [6.45, 7) is 16.3. The fourth-order valence-electron chi connectivity index (χ4n) is 6.39. The van der Waals surface area contributed by atoms with Gasteiger partial charge < -0.3 is 0 Å². The predicted molar refractivity (Wildman–Crippen MR) is 182 cm³/mol. The Bertz CT molecular complexity index is 699. The molecule has 0 saturated carbocycles. The van der Waals surface area contributed by atoms with Gasteiger partial charge in [0.1, 0.15) is 0 Å². The molecule has 1 rings (SSSR count). The van der Waals surface area contributed by atoms with E-state index in [1.165, 1.54) is 120 Å². The number of aryl methyl sites for hydroxylation is 2. The largest absolute Gasteiger partial charge is 0.289 e. The lowest BCUT2D eigenvalue weighted by atomic mass is 9.86. The molecular formula is C38H69OS. The maximum atomic E-state index is 13.5. The highest BCUT2D eigenvalue weighted by atomic mass is 32.2. The van der Waals surface area contributed by atoms with Crippen molar-refractivity contribution in [3.05, 3.63) is 23.3 Å².